The van der Waals surface area contributed by atoms with E-state index in [0.29, 0.717) is 33.5 Å². The zero-order valence-corrected chi connectivity index (χ0v) is 17.5. The topological polar surface area (TPSA) is 103 Å². The van der Waals surface area contributed by atoms with Crippen LogP contribution in [0.1, 0.15) is 15.9 Å². The Hall–Kier alpha value is -3.32. The van der Waals surface area contributed by atoms with Crippen molar-refractivity contribution in [3.63, 3.8) is 0 Å². The zero-order chi connectivity index (χ0) is 20.7. The normalized spacial score (nSPS) is 10.9. The van der Waals surface area contributed by atoms with Crippen LogP contribution in [0.4, 0.5) is 11.6 Å². The van der Waals surface area contributed by atoms with Gasteiger partial charge in [0.2, 0.25) is 5.95 Å². The molecule has 0 aliphatic rings. The van der Waals surface area contributed by atoms with Crippen molar-refractivity contribution in [2.24, 2.45) is 5.73 Å². The van der Waals surface area contributed by atoms with Crippen molar-refractivity contribution < 1.29 is 9.21 Å². The molecule has 4 rings (SSSR count). The minimum atomic E-state index is -0.822. The molecule has 0 radical (unpaired) electrons. The van der Waals surface area contributed by atoms with Crippen LogP contribution in [0.25, 0.3) is 22.0 Å². The van der Waals surface area contributed by atoms with Gasteiger partial charge in [0.15, 0.2) is 0 Å². The number of nitrogens with two attached hydrogens (primary N) is 1. The van der Waals surface area contributed by atoms with Crippen molar-refractivity contribution in [2.75, 3.05) is 5.32 Å². The minimum absolute atomic E-state index is 0.155. The average Bonchev–Trinajstić information content (AvgIpc) is 2.97. The molecule has 7 nitrogen and oxygen atoms in total. The van der Waals surface area contributed by atoms with Gasteiger partial charge < -0.3 is 15.5 Å². The Balaban J connectivity index is 1.96. The number of imidazole rings is 1. The van der Waals surface area contributed by atoms with Gasteiger partial charge in [-0.3, -0.25) is 9.36 Å². The van der Waals surface area contributed by atoms with E-state index >= 15 is 0 Å². The number of nitrogens with zero attached hydrogens (tertiary/aromatic N) is 2. The Morgan fingerprint density at radius 1 is 1.38 bits per heavy atom. The maximum Gasteiger partial charge on any atom is 0.349 e. The summed E-state index contributed by atoms with van der Waals surface area (Å²) >= 11 is 2.23. The van der Waals surface area contributed by atoms with Gasteiger partial charge in [-0.25, -0.2) is 9.78 Å². The first kappa shape index (κ1) is 19.0. The number of nitrogens with one attached hydrogen (secondary N) is 1. The molecule has 4 aromatic rings. The van der Waals surface area contributed by atoms with Gasteiger partial charge in [0, 0.05) is 20.7 Å². The number of primary amides is 1. The second kappa shape index (κ2) is 7.25. The van der Waals surface area contributed by atoms with Crippen LogP contribution in [-0.4, -0.2) is 15.5 Å². The molecule has 0 unspecified atom stereocenters. The van der Waals surface area contributed by atoms with Crippen LogP contribution in [-0.2, 0) is 6.54 Å². The summed E-state index contributed by atoms with van der Waals surface area (Å²) in [5.41, 5.74) is 7.44. The van der Waals surface area contributed by atoms with Gasteiger partial charge in [-0.05, 0) is 59.3 Å². The third-order valence-corrected chi connectivity index (χ3v) is 5.28. The minimum Gasteiger partial charge on any atom is -0.422 e. The molecule has 0 spiro atoms. The molecule has 0 fully saturated rings. The van der Waals surface area contributed by atoms with Crippen LogP contribution < -0.4 is 16.7 Å². The number of rotatable bonds is 4. The number of carbonyl (C=O) groups excluding carboxylic acids is 1. The second-order valence-electron chi connectivity index (χ2n) is 6.45. The third-order valence-electron chi connectivity index (χ3n) is 4.61. The molecule has 144 valence electrons. The summed E-state index contributed by atoms with van der Waals surface area (Å²) in [5, 5.41) is 3.88. The van der Waals surface area contributed by atoms with E-state index in [1.54, 1.807) is 19.1 Å². The van der Waals surface area contributed by atoms with Gasteiger partial charge in [0.25, 0.3) is 5.91 Å². The highest BCUT2D eigenvalue weighted by Gasteiger charge is 2.19. The zero-order valence-electron chi connectivity index (χ0n) is 15.3. The molecule has 8 heteroatoms. The molecule has 0 bridgehead atoms. The van der Waals surface area contributed by atoms with E-state index in [9.17, 15) is 9.59 Å². The number of hydrogen-bond acceptors (Lipinski definition) is 5. The number of carbonyl (C=O) groups is 1. The Labute approximate surface area is 179 Å². The number of anilines is 2. The highest BCUT2D eigenvalue weighted by molar-refractivity contribution is 14.1. The van der Waals surface area contributed by atoms with Crippen LogP contribution in [0, 0.1) is 22.8 Å². The predicted octanol–water partition coefficient (Wildman–Crippen LogP) is 3.53. The van der Waals surface area contributed by atoms with Crippen molar-refractivity contribution in [2.45, 2.75) is 13.5 Å². The van der Waals surface area contributed by atoms with Gasteiger partial charge in [-0.2, -0.15) is 0 Å². The van der Waals surface area contributed by atoms with Crippen molar-refractivity contribution in [1.82, 2.24) is 9.55 Å². The van der Waals surface area contributed by atoms with E-state index in [1.165, 1.54) is 0 Å². The fraction of sp³-hybridized carbons (Fsp3) is 0.0952. The van der Waals surface area contributed by atoms with Crippen molar-refractivity contribution in [3.8, 4) is 12.3 Å². The quantitative estimate of drug-likeness (QED) is 0.255. The van der Waals surface area contributed by atoms with Gasteiger partial charge in [0.1, 0.15) is 11.1 Å². The largest absolute Gasteiger partial charge is 0.422 e. The monoisotopic (exact) mass is 498 g/mol. The van der Waals surface area contributed by atoms with Crippen molar-refractivity contribution in [1.29, 1.82) is 0 Å². The summed E-state index contributed by atoms with van der Waals surface area (Å²) in [5.74, 6) is 2.36. The molecule has 3 N–H and O–H groups in total. The van der Waals surface area contributed by atoms with E-state index in [2.05, 4.69) is 38.8 Å². The standard InChI is InChI=1S/C21H15IN4O3/c1-3-7-26-16-10-17-14(11(2)18(19(23)27)20(28)29-17)9-15(16)25-21(26)24-13-6-4-5-12(22)8-13/h1,4-6,8-10H,7H2,2H3,(H2,23,27)(H,24,25). The smallest absolute Gasteiger partial charge is 0.349 e. The van der Waals surface area contributed by atoms with Crippen LogP contribution in [0.2, 0.25) is 0 Å². The number of fused-ring (bicyclic) bond motifs is 2. The molecule has 2 aromatic heterocycles. The molecular weight excluding hydrogens is 483 g/mol. The molecule has 0 saturated carbocycles. The maximum absolute atomic E-state index is 12.2. The predicted molar refractivity (Wildman–Crippen MR) is 120 cm³/mol. The molecular formula is C21H15IN4O3. The molecule has 1 amide bonds. The number of aromatic nitrogens is 2. The SMILES string of the molecule is C#CCn1c(Nc2cccc(I)c2)nc2cc3c(C)c(C(N)=O)c(=O)oc3cc21. The summed E-state index contributed by atoms with van der Waals surface area (Å²) in [6.45, 7) is 1.94. The molecule has 2 heterocycles. The summed E-state index contributed by atoms with van der Waals surface area (Å²) in [6.07, 6.45) is 5.56. The van der Waals surface area contributed by atoms with Crippen LogP contribution >= 0.6 is 22.6 Å². The van der Waals surface area contributed by atoms with E-state index in [-0.39, 0.29) is 12.1 Å². The summed E-state index contributed by atoms with van der Waals surface area (Å²) in [6, 6.07) is 11.3. The van der Waals surface area contributed by atoms with Gasteiger partial charge in [-0.1, -0.05) is 12.0 Å². The van der Waals surface area contributed by atoms with Gasteiger partial charge in [-0.15, -0.1) is 6.42 Å². The van der Waals surface area contributed by atoms with Crippen LogP contribution in [0.5, 0.6) is 0 Å². The summed E-state index contributed by atoms with van der Waals surface area (Å²) in [4.78, 5) is 28.5. The molecule has 0 aliphatic heterocycles. The lowest BCUT2D eigenvalue weighted by atomic mass is 10.1. The molecule has 0 atom stereocenters. The first-order valence-corrected chi connectivity index (χ1v) is 9.70. The van der Waals surface area contributed by atoms with Crippen molar-refractivity contribution >= 4 is 62.1 Å². The Kier molecular flexibility index (Phi) is 4.76. The lowest BCUT2D eigenvalue weighted by Gasteiger charge is -2.09. The van der Waals surface area contributed by atoms with Gasteiger partial charge in [0.05, 0.1) is 17.6 Å². The van der Waals surface area contributed by atoms with Gasteiger partial charge >= 0.3 is 5.63 Å². The summed E-state index contributed by atoms with van der Waals surface area (Å²) < 4.78 is 8.25. The molecule has 0 aliphatic carbocycles. The van der Waals surface area contributed by atoms with E-state index < -0.39 is 11.5 Å². The average molecular weight is 498 g/mol. The lowest BCUT2D eigenvalue weighted by molar-refractivity contribution is 0.0996. The Morgan fingerprint density at radius 3 is 2.86 bits per heavy atom. The van der Waals surface area contributed by atoms with E-state index in [4.69, 9.17) is 16.6 Å². The van der Waals surface area contributed by atoms with Crippen LogP contribution in [0.3, 0.4) is 0 Å². The second-order valence-corrected chi connectivity index (χ2v) is 7.70. The first-order chi connectivity index (χ1) is 13.9. The lowest BCUT2D eigenvalue weighted by Crippen LogP contribution is -2.22. The number of terminal acetylenes is 1. The maximum atomic E-state index is 12.2. The number of hydrogen-bond donors (Lipinski definition) is 2. The highest BCUT2D eigenvalue weighted by atomic mass is 127. The third kappa shape index (κ3) is 3.34. The van der Waals surface area contributed by atoms with Crippen molar-refractivity contribution in [3.05, 3.63) is 61.5 Å². The number of halogens is 1. The number of benzene rings is 2. The first-order valence-electron chi connectivity index (χ1n) is 8.62. The van der Waals surface area contributed by atoms with E-state index in [1.807, 2.05) is 28.8 Å². The molecule has 29 heavy (non-hydrogen) atoms. The van der Waals surface area contributed by atoms with Crippen LogP contribution in [0.15, 0.2) is 45.6 Å². The van der Waals surface area contributed by atoms with E-state index in [0.717, 1.165) is 9.26 Å². The number of amides is 1. The molecule has 2 aromatic carbocycles. The summed E-state index contributed by atoms with van der Waals surface area (Å²) in [7, 11) is 0. The number of aryl methyl sites for hydroxylation is 1. The fourth-order valence-corrected chi connectivity index (χ4v) is 3.84. The highest BCUT2D eigenvalue weighted by Crippen LogP contribution is 2.29. The Morgan fingerprint density at radius 2 is 2.17 bits per heavy atom. The fourth-order valence-electron chi connectivity index (χ4n) is 3.30. The molecule has 0 saturated heterocycles. The Bertz CT molecular complexity index is 1400.